The first kappa shape index (κ1) is 22.9. The molecule has 3 aromatic rings. The zero-order chi connectivity index (χ0) is 22.9. The second-order valence-electron chi connectivity index (χ2n) is 7.70. The minimum Gasteiger partial charge on any atom is -0.497 e. The van der Waals surface area contributed by atoms with Crippen LogP contribution in [-0.4, -0.2) is 25.5 Å². The third-order valence-electron chi connectivity index (χ3n) is 4.95. The summed E-state index contributed by atoms with van der Waals surface area (Å²) in [5.74, 6) is 0.958. The van der Waals surface area contributed by atoms with Gasteiger partial charge in [0.15, 0.2) is 6.61 Å². The fourth-order valence-electron chi connectivity index (χ4n) is 3.27. The van der Waals surface area contributed by atoms with E-state index in [1.165, 1.54) is 0 Å². The minimum atomic E-state index is -0.289. The van der Waals surface area contributed by atoms with Crippen LogP contribution in [0.25, 0.3) is 0 Å². The molecule has 1 unspecified atom stereocenters. The molecule has 2 N–H and O–H groups in total. The van der Waals surface area contributed by atoms with Gasteiger partial charge in [0.25, 0.3) is 11.8 Å². The van der Waals surface area contributed by atoms with Gasteiger partial charge in [-0.05, 0) is 47.9 Å². The molecule has 3 rings (SSSR count). The normalized spacial score (nSPS) is 11.5. The maximum absolute atomic E-state index is 12.7. The zero-order valence-electron chi connectivity index (χ0n) is 18.5. The van der Waals surface area contributed by atoms with Crippen molar-refractivity contribution in [2.45, 2.75) is 19.9 Å². The first-order valence-corrected chi connectivity index (χ1v) is 10.5. The van der Waals surface area contributed by atoms with Crippen LogP contribution in [0.15, 0.2) is 78.9 Å². The van der Waals surface area contributed by atoms with E-state index < -0.39 is 0 Å². The van der Waals surface area contributed by atoms with Gasteiger partial charge in [-0.2, -0.15) is 0 Å². The Morgan fingerprint density at radius 2 is 1.59 bits per heavy atom. The van der Waals surface area contributed by atoms with Crippen LogP contribution >= 0.6 is 0 Å². The monoisotopic (exact) mass is 432 g/mol. The summed E-state index contributed by atoms with van der Waals surface area (Å²) in [6, 6.07) is 23.7. The van der Waals surface area contributed by atoms with Gasteiger partial charge in [-0.1, -0.05) is 50.2 Å². The number of carbonyl (C=O) groups is 2. The van der Waals surface area contributed by atoms with E-state index in [0.29, 0.717) is 22.7 Å². The zero-order valence-corrected chi connectivity index (χ0v) is 18.5. The number of rotatable bonds is 9. The summed E-state index contributed by atoms with van der Waals surface area (Å²) in [6.07, 6.45) is 0. The van der Waals surface area contributed by atoms with Crippen LogP contribution in [0.2, 0.25) is 0 Å². The quantitative estimate of drug-likeness (QED) is 0.507. The summed E-state index contributed by atoms with van der Waals surface area (Å²) in [7, 11) is 1.57. The van der Waals surface area contributed by atoms with E-state index in [-0.39, 0.29) is 30.4 Å². The van der Waals surface area contributed by atoms with E-state index in [1.807, 2.05) is 30.3 Å². The summed E-state index contributed by atoms with van der Waals surface area (Å²) in [6.45, 7) is 4.00. The highest BCUT2D eigenvalue weighted by molar-refractivity contribution is 5.94. The molecule has 0 spiro atoms. The molecule has 0 aromatic heterocycles. The average molecular weight is 433 g/mol. The van der Waals surface area contributed by atoms with Crippen molar-refractivity contribution in [3.8, 4) is 11.5 Å². The van der Waals surface area contributed by atoms with Gasteiger partial charge in [0.2, 0.25) is 0 Å². The number of carbonyl (C=O) groups excluding carboxylic acids is 2. The topological polar surface area (TPSA) is 76.7 Å². The molecule has 0 heterocycles. The van der Waals surface area contributed by atoms with Gasteiger partial charge in [-0.25, -0.2) is 0 Å². The lowest BCUT2D eigenvalue weighted by atomic mass is 9.95. The molecule has 0 fully saturated rings. The van der Waals surface area contributed by atoms with Crippen LogP contribution in [0.4, 0.5) is 5.69 Å². The molecule has 0 saturated heterocycles. The number of anilines is 1. The predicted molar refractivity (Wildman–Crippen MR) is 125 cm³/mol. The molecule has 1 atom stereocenters. The van der Waals surface area contributed by atoms with Crippen LogP contribution in [0, 0.1) is 5.92 Å². The molecule has 0 aliphatic carbocycles. The highest BCUT2D eigenvalue weighted by atomic mass is 16.5. The summed E-state index contributed by atoms with van der Waals surface area (Å²) in [4.78, 5) is 24.9. The van der Waals surface area contributed by atoms with E-state index in [0.717, 1.165) is 5.56 Å². The number of nitrogens with one attached hydrogen (secondary N) is 2. The molecule has 0 aliphatic rings. The summed E-state index contributed by atoms with van der Waals surface area (Å²) in [5, 5.41) is 5.86. The molecule has 6 heteroatoms. The Balaban J connectivity index is 1.54. The first-order chi connectivity index (χ1) is 15.5. The molecule has 166 valence electrons. The van der Waals surface area contributed by atoms with Crippen molar-refractivity contribution in [2.75, 3.05) is 19.0 Å². The third-order valence-corrected chi connectivity index (χ3v) is 4.95. The third kappa shape index (κ3) is 6.35. The van der Waals surface area contributed by atoms with Crippen LogP contribution < -0.4 is 20.1 Å². The second kappa shape index (κ2) is 11.0. The molecule has 0 aliphatic heterocycles. The van der Waals surface area contributed by atoms with Gasteiger partial charge in [0.1, 0.15) is 11.5 Å². The SMILES string of the molecule is COc1cccc(NC(=O)COc2ccc(C(=O)NC(c3ccccc3)C(C)C)cc2)c1. The smallest absolute Gasteiger partial charge is 0.262 e. The fraction of sp³-hybridized carbons (Fsp3) is 0.231. The standard InChI is InChI=1S/C26H28N2O4/c1-18(2)25(19-8-5-4-6-9-19)28-26(30)20-12-14-22(15-13-20)32-17-24(29)27-21-10-7-11-23(16-21)31-3/h4-16,18,25H,17H2,1-3H3,(H,27,29)(H,28,30). The number of hydrogen-bond donors (Lipinski definition) is 2. The average Bonchev–Trinajstić information content (AvgIpc) is 2.82. The second-order valence-corrected chi connectivity index (χ2v) is 7.70. The van der Waals surface area contributed by atoms with Gasteiger partial charge in [-0.3, -0.25) is 9.59 Å². The predicted octanol–water partition coefficient (Wildman–Crippen LogP) is 4.84. The van der Waals surface area contributed by atoms with Crippen LogP contribution in [-0.2, 0) is 4.79 Å². The van der Waals surface area contributed by atoms with Gasteiger partial charge >= 0.3 is 0 Å². The van der Waals surface area contributed by atoms with Crippen LogP contribution in [0.3, 0.4) is 0 Å². The van der Waals surface area contributed by atoms with E-state index in [2.05, 4.69) is 24.5 Å². The van der Waals surface area contributed by atoms with Crippen molar-refractivity contribution in [3.63, 3.8) is 0 Å². The number of amides is 2. The lowest BCUT2D eigenvalue weighted by molar-refractivity contribution is -0.118. The fourth-order valence-corrected chi connectivity index (χ4v) is 3.27. The Morgan fingerprint density at radius 1 is 0.875 bits per heavy atom. The molecule has 3 aromatic carbocycles. The summed E-state index contributed by atoms with van der Waals surface area (Å²) in [5.41, 5.74) is 2.22. The molecule has 6 nitrogen and oxygen atoms in total. The highest BCUT2D eigenvalue weighted by Crippen LogP contribution is 2.22. The summed E-state index contributed by atoms with van der Waals surface area (Å²) >= 11 is 0. The van der Waals surface area contributed by atoms with Crippen molar-refractivity contribution < 1.29 is 19.1 Å². The van der Waals surface area contributed by atoms with Crippen LogP contribution in [0.5, 0.6) is 11.5 Å². The maximum atomic E-state index is 12.7. The van der Waals surface area contributed by atoms with Gasteiger partial charge in [-0.15, -0.1) is 0 Å². The van der Waals surface area contributed by atoms with Crippen molar-refractivity contribution in [3.05, 3.63) is 90.0 Å². The summed E-state index contributed by atoms with van der Waals surface area (Å²) < 4.78 is 10.7. The molecule has 32 heavy (non-hydrogen) atoms. The van der Waals surface area contributed by atoms with Crippen molar-refractivity contribution in [2.24, 2.45) is 5.92 Å². The Hall–Kier alpha value is -3.80. The Labute approximate surface area is 188 Å². The van der Waals surface area contributed by atoms with E-state index in [1.54, 1.807) is 55.6 Å². The van der Waals surface area contributed by atoms with Crippen LogP contribution in [0.1, 0.15) is 35.8 Å². The Kier molecular flexibility index (Phi) is 7.86. The number of hydrogen-bond acceptors (Lipinski definition) is 4. The molecular formula is C26H28N2O4. The maximum Gasteiger partial charge on any atom is 0.262 e. The number of methoxy groups -OCH3 is 1. The molecule has 2 amide bonds. The van der Waals surface area contributed by atoms with E-state index in [4.69, 9.17) is 9.47 Å². The minimum absolute atomic E-state index is 0.0834. The molecule has 0 radical (unpaired) electrons. The van der Waals surface area contributed by atoms with E-state index in [9.17, 15) is 9.59 Å². The Bertz CT molecular complexity index is 1030. The van der Waals surface area contributed by atoms with Gasteiger partial charge in [0, 0.05) is 17.3 Å². The van der Waals surface area contributed by atoms with Gasteiger partial charge in [0.05, 0.1) is 13.2 Å². The van der Waals surface area contributed by atoms with Crippen molar-refractivity contribution in [1.82, 2.24) is 5.32 Å². The van der Waals surface area contributed by atoms with Crippen molar-refractivity contribution >= 4 is 17.5 Å². The number of benzene rings is 3. The Morgan fingerprint density at radius 3 is 2.25 bits per heavy atom. The van der Waals surface area contributed by atoms with Gasteiger partial charge < -0.3 is 20.1 Å². The highest BCUT2D eigenvalue weighted by Gasteiger charge is 2.19. The molecule has 0 saturated carbocycles. The first-order valence-electron chi connectivity index (χ1n) is 10.5. The molecule has 0 bridgehead atoms. The van der Waals surface area contributed by atoms with E-state index >= 15 is 0 Å². The lowest BCUT2D eigenvalue weighted by Crippen LogP contribution is -2.31. The van der Waals surface area contributed by atoms with Crippen molar-refractivity contribution in [1.29, 1.82) is 0 Å². The molecular weight excluding hydrogens is 404 g/mol. The lowest BCUT2D eigenvalue weighted by Gasteiger charge is -2.23. The number of ether oxygens (including phenoxy) is 2. The largest absolute Gasteiger partial charge is 0.497 e.